The number of rotatable bonds is 9. The summed E-state index contributed by atoms with van der Waals surface area (Å²) in [6.07, 6.45) is 2.77. The van der Waals surface area contributed by atoms with E-state index in [0.29, 0.717) is 42.3 Å². The average molecular weight is 490 g/mol. The first-order valence-electron chi connectivity index (χ1n) is 11.5. The largest absolute Gasteiger partial charge is 0.493 e. The second-order valence-corrected chi connectivity index (χ2v) is 10.7. The van der Waals surface area contributed by atoms with Crippen molar-refractivity contribution in [2.45, 2.75) is 37.1 Å². The summed E-state index contributed by atoms with van der Waals surface area (Å²) in [6.45, 7) is 3.14. The van der Waals surface area contributed by atoms with E-state index in [1.807, 2.05) is 37.2 Å². The zero-order valence-electron chi connectivity index (χ0n) is 20.6. The summed E-state index contributed by atoms with van der Waals surface area (Å²) in [6, 6.07) is 10.4. The molecule has 0 aromatic heterocycles. The molecule has 8 nitrogen and oxygen atoms in total. The number of nitrogens with one attached hydrogen (secondary N) is 1. The standard InChI is InChI=1S/C25H35N3O5S/c1-18-9-10-20(16-24(18)34(30,31)28-13-7-6-8-14-28)25(29)26-17-21(27(2)3)19-11-12-22(32-4)23(15-19)33-5/h9-12,15-16,21H,6-8,13-14,17H2,1-5H3,(H,26,29)/t21-/m0/s1. The molecule has 0 unspecified atom stereocenters. The third-order valence-corrected chi connectivity index (χ3v) is 8.30. The molecule has 1 amide bonds. The van der Waals surface area contributed by atoms with Crippen LogP contribution in [0.1, 0.15) is 46.8 Å². The van der Waals surface area contributed by atoms with Crippen LogP contribution in [0.25, 0.3) is 0 Å². The van der Waals surface area contributed by atoms with Crippen LogP contribution in [-0.4, -0.2) is 71.5 Å². The van der Waals surface area contributed by atoms with Crippen molar-refractivity contribution in [2.75, 3.05) is 47.9 Å². The molecule has 3 rings (SSSR count). The van der Waals surface area contributed by atoms with Crippen molar-refractivity contribution in [2.24, 2.45) is 0 Å². The van der Waals surface area contributed by atoms with E-state index in [2.05, 4.69) is 5.32 Å². The topological polar surface area (TPSA) is 88.2 Å². The number of hydrogen-bond acceptors (Lipinski definition) is 6. The van der Waals surface area contributed by atoms with Gasteiger partial charge in [-0.15, -0.1) is 0 Å². The Hall–Kier alpha value is -2.62. The first-order valence-corrected chi connectivity index (χ1v) is 12.9. The van der Waals surface area contributed by atoms with Gasteiger partial charge in [0.1, 0.15) is 0 Å². The van der Waals surface area contributed by atoms with Crippen LogP contribution in [0.2, 0.25) is 0 Å². The SMILES string of the molecule is COc1ccc([C@H](CNC(=O)c2ccc(C)c(S(=O)(=O)N3CCCCC3)c2)N(C)C)cc1OC. The Morgan fingerprint density at radius 2 is 1.71 bits per heavy atom. The maximum absolute atomic E-state index is 13.2. The van der Waals surface area contributed by atoms with Gasteiger partial charge in [-0.05, 0) is 69.3 Å². The molecule has 0 radical (unpaired) electrons. The number of likely N-dealkylation sites (N-methyl/N-ethyl adjacent to an activating group) is 1. The molecule has 1 fully saturated rings. The number of ether oxygens (including phenoxy) is 2. The molecule has 34 heavy (non-hydrogen) atoms. The molecule has 2 aromatic rings. The van der Waals surface area contributed by atoms with E-state index in [0.717, 1.165) is 24.8 Å². The van der Waals surface area contributed by atoms with Crippen LogP contribution in [0.5, 0.6) is 11.5 Å². The zero-order valence-corrected chi connectivity index (χ0v) is 21.4. The number of amides is 1. The summed E-state index contributed by atoms with van der Waals surface area (Å²) < 4.78 is 38.7. The van der Waals surface area contributed by atoms with Crippen LogP contribution in [0.4, 0.5) is 0 Å². The molecule has 2 aromatic carbocycles. The minimum Gasteiger partial charge on any atom is -0.493 e. The smallest absolute Gasteiger partial charge is 0.251 e. The van der Waals surface area contributed by atoms with Gasteiger partial charge in [-0.1, -0.05) is 18.6 Å². The summed E-state index contributed by atoms with van der Waals surface area (Å²) in [4.78, 5) is 15.2. The Labute approximate surface area is 202 Å². The summed E-state index contributed by atoms with van der Waals surface area (Å²) in [5.41, 5.74) is 1.92. The molecule has 1 atom stereocenters. The molecule has 1 saturated heterocycles. The number of benzene rings is 2. The summed E-state index contributed by atoms with van der Waals surface area (Å²) in [7, 11) is 3.41. The third kappa shape index (κ3) is 5.71. The highest BCUT2D eigenvalue weighted by Crippen LogP contribution is 2.31. The number of hydrogen-bond donors (Lipinski definition) is 1. The maximum Gasteiger partial charge on any atom is 0.251 e. The molecular formula is C25H35N3O5S. The van der Waals surface area contributed by atoms with Crippen LogP contribution < -0.4 is 14.8 Å². The Morgan fingerprint density at radius 1 is 1.03 bits per heavy atom. The Kier molecular flexibility index (Phi) is 8.57. The van der Waals surface area contributed by atoms with E-state index >= 15 is 0 Å². The fraction of sp³-hybridized carbons (Fsp3) is 0.480. The van der Waals surface area contributed by atoms with E-state index < -0.39 is 10.0 Å². The van der Waals surface area contributed by atoms with Gasteiger partial charge in [0.2, 0.25) is 10.0 Å². The molecule has 9 heteroatoms. The van der Waals surface area contributed by atoms with Crippen molar-refractivity contribution >= 4 is 15.9 Å². The first-order chi connectivity index (χ1) is 16.2. The van der Waals surface area contributed by atoms with Crippen molar-refractivity contribution in [3.05, 3.63) is 53.1 Å². The number of carbonyl (C=O) groups excluding carboxylic acids is 1. The lowest BCUT2D eigenvalue weighted by atomic mass is 10.0. The number of nitrogens with zero attached hydrogens (tertiary/aromatic N) is 2. The molecule has 1 aliphatic rings. The lowest BCUT2D eigenvalue weighted by molar-refractivity contribution is 0.0941. The summed E-state index contributed by atoms with van der Waals surface area (Å²) >= 11 is 0. The van der Waals surface area contributed by atoms with Crippen molar-refractivity contribution in [3.63, 3.8) is 0 Å². The number of carbonyl (C=O) groups is 1. The second-order valence-electron chi connectivity index (χ2n) is 8.75. The van der Waals surface area contributed by atoms with Crippen molar-refractivity contribution in [1.29, 1.82) is 0 Å². The average Bonchev–Trinajstić information content (AvgIpc) is 2.84. The lowest BCUT2D eigenvalue weighted by Gasteiger charge is -2.27. The van der Waals surface area contributed by atoms with Gasteiger partial charge in [0.05, 0.1) is 25.2 Å². The molecule has 186 valence electrons. The number of piperidine rings is 1. The second kappa shape index (κ2) is 11.2. The monoisotopic (exact) mass is 489 g/mol. The van der Waals surface area contributed by atoms with Crippen LogP contribution in [0.3, 0.4) is 0 Å². The molecule has 0 aliphatic carbocycles. The van der Waals surface area contributed by atoms with Gasteiger partial charge >= 0.3 is 0 Å². The normalized spacial score (nSPS) is 15.7. The minimum absolute atomic E-state index is 0.120. The zero-order chi connectivity index (χ0) is 24.9. The van der Waals surface area contributed by atoms with Crippen LogP contribution in [-0.2, 0) is 10.0 Å². The first kappa shape index (κ1) is 26.0. The number of aryl methyl sites for hydroxylation is 1. The molecule has 0 spiro atoms. The highest BCUT2D eigenvalue weighted by molar-refractivity contribution is 7.89. The molecule has 0 bridgehead atoms. The van der Waals surface area contributed by atoms with Crippen molar-refractivity contribution < 1.29 is 22.7 Å². The number of sulfonamides is 1. The van der Waals surface area contributed by atoms with Gasteiger partial charge in [-0.25, -0.2) is 8.42 Å². The van der Waals surface area contributed by atoms with E-state index in [-0.39, 0.29) is 16.8 Å². The van der Waals surface area contributed by atoms with Gasteiger partial charge in [0.15, 0.2) is 11.5 Å². The number of methoxy groups -OCH3 is 2. The lowest BCUT2D eigenvalue weighted by Crippen LogP contribution is -2.36. The van der Waals surface area contributed by atoms with Gasteiger partial charge < -0.3 is 19.7 Å². The van der Waals surface area contributed by atoms with Crippen LogP contribution in [0.15, 0.2) is 41.3 Å². The molecule has 0 saturated carbocycles. The Bertz CT molecular complexity index is 1110. The Morgan fingerprint density at radius 3 is 2.32 bits per heavy atom. The van der Waals surface area contributed by atoms with Crippen molar-refractivity contribution in [1.82, 2.24) is 14.5 Å². The third-order valence-electron chi connectivity index (χ3n) is 6.25. The van der Waals surface area contributed by atoms with E-state index in [1.165, 1.54) is 10.4 Å². The fourth-order valence-electron chi connectivity index (χ4n) is 4.21. The van der Waals surface area contributed by atoms with E-state index in [1.54, 1.807) is 33.3 Å². The molecule has 1 aliphatic heterocycles. The van der Waals surface area contributed by atoms with Crippen molar-refractivity contribution in [3.8, 4) is 11.5 Å². The predicted octanol–water partition coefficient (Wildman–Crippen LogP) is 3.22. The van der Waals surface area contributed by atoms with Gasteiger partial charge in [-0.3, -0.25) is 4.79 Å². The van der Waals surface area contributed by atoms with Gasteiger partial charge in [0, 0.05) is 25.2 Å². The van der Waals surface area contributed by atoms with Gasteiger partial charge in [0.25, 0.3) is 5.91 Å². The van der Waals surface area contributed by atoms with E-state index in [4.69, 9.17) is 9.47 Å². The fourth-order valence-corrected chi connectivity index (χ4v) is 5.98. The van der Waals surface area contributed by atoms with Gasteiger partial charge in [-0.2, -0.15) is 4.31 Å². The maximum atomic E-state index is 13.2. The quantitative estimate of drug-likeness (QED) is 0.582. The summed E-state index contributed by atoms with van der Waals surface area (Å²) in [5, 5.41) is 2.96. The molecule has 1 heterocycles. The van der Waals surface area contributed by atoms with Crippen LogP contribution in [0, 0.1) is 6.92 Å². The molecular weight excluding hydrogens is 454 g/mol. The Balaban J connectivity index is 1.79. The summed E-state index contributed by atoms with van der Waals surface area (Å²) in [5.74, 6) is 0.932. The highest BCUT2D eigenvalue weighted by atomic mass is 32.2. The predicted molar refractivity (Wildman–Crippen MR) is 132 cm³/mol. The van der Waals surface area contributed by atoms with E-state index in [9.17, 15) is 13.2 Å². The van der Waals surface area contributed by atoms with Crippen LogP contribution >= 0.6 is 0 Å². The highest BCUT2D eigenvalue weighted by Gasteiger charge is 2.28. The minimum atomic E-state index is -3.63. The molecule has 1 N–H and O–H groups in total.